The van der Waals surface area contributed by atoms with Crippen LogP contribution in [0.1, 0.15) is 52.5 Å². The molecular formula is C21H24N4O2S. The lowest BCUT2D eigenvalue weighted by Gasteiger charge is -2.15. The quantitative estimate of drug-likeness (QED) is 0.672. The van der Waals surface area contributed by atoms with Crippen LogP contribution in [0, 0.1) is 11.3 Å². The van der Waals surface area contributed by atoms with Gasteiger partial charge in [0, 0.05) is 23.2 Å². The van der Waals surface area contributed by atoms with Gasteiger partial charge in [0.05, 0.1) is 5.56 Å². The van der Waals surface area contributed by atoms with E-state index in [1.807, 2.05) is 6.07 Å². The molecule has 7 heteroatoms. The molecule has 0 radical (unpaired) electrons. The van der Waals surface area contributed by atoms with Crippen LogP contribution in [0.2, 0.25) is 0 Å². The Labute approximate surface area is 169 Å². The zero-order chi connectivity index (χ0) is 20.1. The molecule has 0 aliphatic heterocycles. The van der Waals surface area contributed by atoms with Crippen LogP contribution in [0.4, 0.5) is 10.7 Å². The summed E-state index contributed by atoms with van der Waals surface area (Å²) in [6.07, 6.45) is 5.29. The number of amides is 2. The fraction of sp³-hybridized carbons (Fsp3) is 0.381. The summed E-state index contributed by atoms with van der Waals surface area (Å²) in [6, 6.07) is 8.76. The van der Waals surface area contributed by atoms with E-state index in [-0.39, 0.29) is 11.8 Å². The molecule has 6 nitrogen and oxygen atoms in total. The molecule has 1 atom stereocenters. The molecule has 1 unspecified atom stereocenters. The number of benzene rings is 1. The number of thiophene rings is 1. The van der Waals surface area contributed by atoms with Gasteiger partial charge in [-0.05, 0) is 56.4 Å². The van der Waals surface area contributed by atoms with Crippen LogP contribution in [0.25, 0.3) is 0 Å². The molecular weight excluding hydrogens is 372 g/mol. The van der Waals surface area contributed by atoms with E-state index in [1.165, 1.54) is 22.6 Å². The van der Waals surface area contributed by atoms with Crippen LogP contribution in [0.3, 0.4) is 0 Å². The third-order valence-electron chi connectivity index (χ3n) is 4.90. The molecule has 0 fully saturated rings. The topological polar surface area (TPSA) is 94.0 Å². The first kappa shape index (κ1) is 19.9. The average Bonchev–Trinajstić information content (AvgIpc) is 2.86. The first-order valence-corrected chi connectivity index (χ1v) is 10.3. The maximum atomic E-state index is 12.7. The number of nitrogens with one attached hydrogen (secondary N) is 3. The number of hydrogen-bond donors (Lipinski definition) is 3. The van der Waals surface area contributed by atoms with Crippen molar-refractivity contribution in [2.45, 2.75) is 45.1 Å². The molecule has 1 aromatic carbocycles. The van der Waals surface area contributed by atoms with Crippen LogP contribution in [-0.2, 0) is 17.6 Å². The van der Waals surface area contributed by atoms with E-state index >= 15 is 0 Å². The monoisotopic (exact) mass is 396 g/mol. The molecule has 1 aliphatic carbocycles. The van der Waals surface area contributed by atoms with Crippen LogP contribution < -0.4 is 16.0 Å². The normalized spacial score (nSPS) is 14.2. The number of aryl methyl sites for hydroxylation is 1. The summed E-state index contributed by atoms with van der Waals surface area (Å²) < 4.78 is 0. The molecule has 3 N–H and O–H groups in total. The third kappa shape index (κ3) is 4.34. The number of rotatable bonds is 5. The van der Waals surface area contributed by atoms with Gasteiger partial charge in [0.25, 0.3) is 5.91 Å². The van der Waals surface area contributed by atoms with Gasteiger partial charge in [0.15, 0.2) is 0 Å². The molecule has 1 aromatic heterocycles. The van der Waals surface area contributed by atoms with E-state index in [4.69, 9.17) is 0 Å². The Balaban J connectivity index is 1.72. The molecule has 1 aliphatic rings. The Morgan fingerprint density at radius 1 is 1.21 bits per heavy atom. The minimum absolute atomic E-state index is 0.181. The standard InChI is InChI=1S/C21H24N4O2S/c1-13(24-15-8-6-7-14(11-15)20(27)23-2)19(26)25-21-17(12-22)16-9-4-3-5-10-18(16)28-21/h6-8,11,13,24H,3-5,9-10H2,1-2H3,(H,23,27)(H,25,26). The fourth-order valence-corrected chi connectivity index (χ4v) is 4.62. The molecule has 2 amide bonds. The van der Waals surface area contributed by atoms with Gasteiger partial charge in [-0.25, -0.2) is 0 Å². The van der Waals surface area contributed by atoms with Gasteiger partial charge in [-0.15, -0.1) is 11.3 Å². The van der Waals surface area contributed by atoms with Gasteiger partial charge >= 0.3 is 0 Å². The number of hydrogen-bond acceptors (Lipinski definition) is 5. The summed E-state index contributed by atoms with van der Waals surface area (Å²) in [4.78, 5) is 25.7. The molecule has 146 valence electrons. The highest BCUT2D eigenvalue weighted by molar-refractivity contribution is 7.16. The molecule has 1 heterocycles. The second kappa shape index (κ2) is 8.89. The maximum absolute atomic E-state index is 12.7. The lowest BCUT2D eigenvalue weighted by atomic mass is 10.1. The van der Waals surface area contributed by atoms with Gasteiger partial charge in [-0.3, -0.25) is 9.59 Å². The third-order valence-corrected chi connectivity index (χ3v) is 6.11. The van der Waals surface area contributed by atoms with Crippen molar-refractivity contribution in [1.82, 2.24) is 5.32 Å². The largest absolute Gasteiger partial charge is 0.374 e. The lowest BCUT2D eigenvalue weighted by molar-refractivity contribution is -0.116. The molecule has 0 spiro atoms. The number of carbonyl (C=O) groups excluding carboxylic acids is 2. The zero-order valence-electron chi connectivity index (χ0n) is 16.1. The van der Waals surface area contributed by atoms with Gasteiger partial charge in [-0.2, -0.15) is 5.26 Å². The molecule has 0 saturated heterocycles. The van der Waals surface area contributed by atoms with Crippen LogP contribution in [0.5, 0.6) is 0 Å². The Morgan fingerprint density at radius 2 is 2.00 bits per heavy atom. The maximum Gasteiger partial charge on any atom is 0.251 e. The second-order valence-corrected chi connectivity index (χ2v) is 8.00. The van der Waals surface area contributed by atoms with Crippen molar-refractivity contribution >= 4 is 33.8 Å². The summed E-state index contributed by atoms with van der Waals surface area (Å²) in [5.74, 6) is -0.391. The minimum Gasteiger partial charge on any atom is -0.374 e. The zero-order valence-corrected chi connectivity index (χ0v) is 16.9. The summed E-state index contributed by atoms with van der Waals surface area (Å²) in [5, 5.41) is 18.9. The predicted octanol–water partition coefficient (Wildman–Crippen LogP) is 3.69. The highest BCUT2D eigenvalue weighted by atomic mass is 32.1. The van der Waals surface area contributed by atoms with Crippen LogP contribution in [-0.4, -0.2) is 24.9 Å². The van der Waals surface area contributed by atoms with Crippen molar-refractivity contribution in [3.05, 3.63) is 45.8 Å². The average molecular weight is 397 g/mol. The number of anilines is 2. The Hall–Kier alpha value is -2.85. The molecule has 2 aromatic rings. The van der Waals surface area contributed by atoms with E-state index in [2.05, 4.69) is 22.0 Å². The first-order chi connectivity index (χ1) is 13.5. The van der Waals surface area contributed by atoms with Crippen molar-refractivity contribution in [1.29, 1.82) is 5.26 Å². The molecule has 0 saturated carbocycles. The van der Waals surface area contributed by atoms with E-state index in [0.717, 1.165) is 31.2 Å². The number of fused-ring (bicyclic) bond motifs is 1. The predicted molar refractivity (Wildman–Crippen MR) is 112 cm³/mol. The van der Waals surface area contributed by atoms with Gasteiger partial charge in [-0.1, -0.05) is 12.5 Å². The number of carbonyl (C=O) groups is 2. The number of nitrogens with zero attached hydrogens (tertiary/aromatic N) is 1. The van der Waals surface area contributed by atoms with Crippen molar-refractivity contribution in [2.24, 2.45) is 0 Å². The van der Waals surface area contributed by atoms with Gasteiger partial charge in [0.1, 0.15) is 17.1 Å². The summed E-state index contributed by atoms with van der Waals surface area (Å²) in [7, 11) is 1.58. The first-order valence-electron chi connectivity index (χ1n) is 9.47. The van der Waals surface area contributed by atoms with Crippen molar-refractivity contribution < 1.29 is 9.59 Å². The highest BCUT2D eigenvalue weighted by Crippen LogP contribution is 2.37. The Bertz CT molecular complexity index is 929. The summed E-state index contributed by atoms with van der Waals surface area (Å²) >= 11 is 1.53. The SMILES string of the molecule is CNC(=O)c1cccc(NC(C)C(=O)Nc2sc3c(c2C#N)CCCCC3)c1. The molecule has 3 rings (SSSR count). The van der Waals surface area contributed by atoms with Crippen molar-refractivity contribution in [3.63, 3.8) is 0 Å². The van der Waals surface area contributed by atoms with Gasteiger partial charge < -0.3 is 16.0 Å². The van der Waals surface area contributed by atoms with Gasteiger partial charge in [0.2, 0.25) is 5.91 Å². The smallest absolute Gasteiger partial charge is 0.251 e. The number of nitriles is 1. The van der Waals surface area contributed by atoms with E-state index in [0.29, 0.717) is 21.8 Å². The molecule has 0 bridgehead atoms. The Morgan fingerprint density at radius 3 is 2.75 bits per heavy atom. The lowest BCUT2D eigenvalue weighted by Crippen LogP contribution is -2.32. The van der Waals surface area contributed by atoms with E-state index in [9.17, 15) is 14.9 Å². The minimum atomic E-state index is -0.520. The summed E-state index contributed by atoms with van der Waals surface area (Å²) in [5.41, 5.74) is 2.93. The van der Waals surface area contributed by atoms with Crippen molar-refractivity contribution in [2.75, 3.05) is 17.7 Å². The van der Waals surface area contributed by atoms with Crippen LogP contribution >= 0.6 is 11.3 Å². The highest BCUT2D eigenvalue weighted by Gasteiger charge is 2.22. The van der Waals surface area contributed by atoms with E-state index < -0.39 is 6.04 Å². The summed E-state index contributed by atoms with van der Waals surface area (Å²) in [6.45, 7) is 1.76. The second-order valence-electron chi connectivity index (χ2n) is 6.90. The van der Waals surface area contributed by atoms with Crippen LogP contribution in [0.15, 0.2) is 24.3 Å². The van der Waals surface area contributed by atoms with E-state index in [1.54, 1.807) is 32.2 Å². The Kier molecular flexibility index (Phi) is 6.32. The molecule has 28 heavy (non-hydrogen) atoms. The fourth-order valence-electron chi connectivity index (χ4n) is 3.38. The van der Waals surface area contributed by atoms with Crippen molar-refractivity contribution in [3.8, 4) is 6.07 Å².